The Morgan fingerprint density at radius 2 is 1.46 bits per heavy atom. The van der Waals surface area contributed by atoms with Crippen molar-refractivity contribution in [3.63, 3.8) is 0 Å². The standard InChI is InChI=1S/C13H17NO3.C8H7ClO2.C5H11NO.CH2O3.2K/c15-9-12-6-7-14(8-12)13(16)17-10-11-4-2-1-3-5-11;9-8(10)11-6-7-4-2-1-3-5-7;7-4-5-1-2-6-3-5;2-1-4-3;;/h1-5,12,15H,6-10H2;1-5H,6H2;5-7H,1-4H2;1,3H;;/q;;;;;+1/p-1/t12-;;5-;;;/m0.0.../s1. The summed E-state index contributed by atoms with van der Waals surface area (Å²) in [5, 5.41) is 29.1. The van der Waals surface area contributed by atoms with Gasteiger partial charge in [0.25, 0.3) is 6.47 Å². The van der Waals surface area contributed by atoms with E-state index in [2.05, 4.69) is 14.9 Å². The molecule has 2 aromatic carbocycles. The van der Waals surface area contributed by atoms with Crippen molar-refractivity contribution in [1.29, 1.82) is 0 Å². The van der Waals surface area contributed by atoms with Crippen LogP contribution < -0.4 is 62.0 Å². The Hall–Kier alpha value is 0.0527. The van der Waals surface area contributed by atoms with E-state index >= 15 is 0 Å². The molecule has 0 spiro atoms. The molecule has 0 bridgehead atoms. The topological polar surface area (TPSA) is 158 Å². The maximum atomic E-state index is 11.7. The molecule has 2 atom stereocenters. The second-order valence-electron chi connectivity index (χ2n) is 8.57. The minimum absolute atomic E-state index is 0. The number of benzene rings is 2. The molecule has 2 fully saturated rings. The van der Waals surface area contributed by atoms with Gasteiger partial charge >= 0.3 is 62.9 Å². The van der Waals surface area contributed by atoms with E-state index in [1.54, 1.807) is 4.90 Å². The van der Waals surface area contributed by atoms with E-state index in [9.17, 15) is 9.59 Å². The van der Waals surface area contributed by atoms with Crippen molar-refractivity contribution < 1.29 is 95.6 Å². The number of hydrogen-bond acceptors (Lipinski definition) is 10. The van der Waals surface area contributed by atoms with E-state index < -0.39 is 5.43 Å². The second kappa shape index (κ2) is 28.8. The number of carbonyl (C=O) groups is 3. The second-order valence-corrected chi connectivity index (χ2v) is 8.88. The molecule has 3 N–H and O–H groups in total. The largest absolute Gasteiger partial charge is 1.00 e. The quantitative estimate of drug-likeness (QED) is 0.110. The first kappa shape index (κ1) is 43.2. The summed E-state index contributed by atoms with van der Waals surface area (Å²) in [7, 11) is 0. The Morgan fingerprint density at radius 3 is 1.83 bits per heavy atom. The number of aliphatic hydroxyl groups is 2. The normalized spacial score (nSPS) is 16.3. The molecule has 217 valence electrons. The fraction of sp³-hybridized carbons (Fsp3) is 0.444. The third kappa shape index (κ3) is 22.3. The van der Waals surface area contributed by atoms with Gasteiger partial charge in [-0.1, -0.05) is 60.7 Å². The van der Waals surface area contributed by atoms with Gasteiger partial charge in [0.2, 0.25) is 0 Å². The zero-order chi connectivity index (χ0) is 28.7. The number of amides is 1. The predicted octanol–water partition coefficient (Wildman–Crippen LogP) is -1.15. The molecule has 2 saturated heterocycles. The van der Waals surface area contributed by atoms with E-state index in [1.807, 2.05) is 60.7 Å². The fourth-order valence-corrected chi connectivity index (χ4v) is 3.60. The Labute approximate surface area is 331 Å². The van der Waals surface area contributed by atoms with Gasteiger partial charge in [-0.05, 0) is 36.4 Å². The molecule has 4 rings (SSSR count). The summed E-state index contributed by atoms with van der Waals surface area (Å²) in [5.41, 5.74) is 1.15. The average Bonchev–Trinajstić information content (AvgIpc) is 3.69. The summed E-state index contributed by atoms with van der Waals surface area (Å²) in [6.45, 7) is 4.24. The SMILES string of the molecule is O=C(Cl)OCc1ccccc1.O=C(OCc1ccccc1)N1CC[C@H](CO)C1.O=CO[O-].OC[C@H]1CCNC1.[K+].[K]. The van der Waals surface area contributed by atoms with Gasteiger partial charge in [0.15, 0.2) is 0 Å². The minimum atomic E-state index is -0.770. The Bertz CT molecular complexity index is 928. The van der Waals surface area contributed by atoms with Crippen LogP contribution in [0.4, 0.5) is 9.59 Å². The van der Waals surface area contributed by atoms with Crippen molar-refractivity contribution >= 4 is 81.0 Å². The smallest absolute Gasteiger partial charge is 0.662 e. The first-order valence-corrected chi connectivity index (χ1v) is 12.8. The van der Waals surface area contributed by atoms with Crippen LogP contribution >= 0.6 is 11.6 Å². The third-order valence-electron chi connectivity index (χ3n) is 5.66. The van der Waals surface area contributed by atoms with E-state index in [0.717, 1.165) is 37.1 Å². The van der Waals surface area contributed by atoms with E-state index in [1.165, 1.54) is 0 Å². The Balaban J connectivity index is 0. The summed E-state index contributed by atoms with van der Waals surface area (Å²) >= 11 is 4.97. The zero-order valence-electron chi connectivity index (χ0n) is 23.7. The van der Waals surface area contributed by atoms with Crippen LogP contribution in [0.2, 0.25) is 0 Å². The van der Waals surface area contributed by atoms with Gasteiger partial charge < -0.3 is 40.0 Å². The number of carbonyl (C=O) groups excluding carboxylic acids is 3. The number of nitrogens with one attached hydrogen (secondary N) is 1. The van der Waals surface area contributed by atoms with Crippen LogP contribution in [0.15, 0.2) is 60.7 Å². The van der Waals surface area contributed by atoms with Gasteiger partial charge in [-0.2, -0.15) is 0 Å². The van der Waals surface area contributed by atoms with Crippen LogP contribution in [0.1, 0.15) is 24.0 Å². The van der Waals surface area contributed by atoms with E-state index in [4.69, 9.17) is 36.6 Å². The summed E-state index contributed by atoms with van der Waals surface area (Å²) in [4.78, 5) is 34.8. The number of halogens is 1. The van der Waals surface area contributed by atoms with Crippen molar-refractivity contribution in [2.75, 3.05) is 39.4 Å². The van der Waals surface area contributed by atoms with Crippen LogP contribution in [0.5, 0.6) is 0 Å². The molecule has 41 heavy (non-hydrogen) atoms. The molecule has 0 aromatic heterocycles. The van der Waals surface area contributed by atoms with Crippen LogP contribution in [0, 0.1) is 11.8 Å². The van der Waals surface area contributed by atoms with Crippen molar-refractivity contribution in [3.05, 3.63) is 71.8 Å². The number of hydrogen-bond donors (Lipinski definition) is 3. The van der Waals surface area contributed by atoms with Crippen molar-refractivity contribution in [1.82, 2.24) is 10.2 Å². The fourth-order valence-electron chi connectivity index (χ4n) is 3.54. The number of likely N-dealkylation sites (tertiary alicyclic amines) is 1. The molecular formula is C27H36ClK2N2O9. The van der Waals surface area contributed by atoms with Crippen LogP contribution in [-0.4, -0.2) is 124 Å². The average molecular weight is 646 g/mol. The maximum Gasteiger partial charge on any atom is 1.00 e. The molecule has 14 heteroatoms. The molecule has 2 aliphatic rings. The molecular weight excluding hydrogens is 610 g/mol. The van der Waals surface area contributed by atoms with Gasteiger partial charge in [0, 0.05) is 102 Å². The molecule has 11 nitrogen and oxygen atoms in total. The zero-order valence-corrected chi connectivity index (χ0v) is 30.7. The number of rotatable bonds is 7. The monoisotopic (exact) mass is 645 g/mol. The van der Waals surface area contributed by atoms with Crippen molar-refractivity contribution in [3.8, 4) is 0 Å². The summed E-state index contributed by atoms with van der Waals surface area (Å²) in [5.74, 6) is 0.749. The minimum Gasteiger partial charge on any atom is -0.662 e. The van der Waals surface area contributed by atoms with Crippen LogP contribution in [0.3, 0.4) is 0 Å². The number of aliphatic hydroxyl groups excluding tert-OH is 2. The van der Waals surface area contributed by atoms with Crippen molar-refractivity contribution in [2.45, 2.75) is 26.1 Å². The Kier molecular flexibility index (Phi) is 30.3. The Morgan fingerprint density at radius 1 is 0.951 bits per heavy atom. The predicted molar refractivity (Wildman–Crippen MR) is 147 cm³/mol. The van der Waals surface area contributed by atoms with Crippen LogP contribution in [0.25, 0.3) is 0 Å². The first-order chi connectivity index (χ1) is 18.9. The molecule has 2 aromatic rings. The molecule has 1 amide bonds. The van der Waals surface area contributed by atoms with Crippen molar-refractivity contribution in [2.24, 2.45) is 11.8 Å². The number of ether oxygens (including phenoxy) is 2. The van der Waals surface area contributed by atoms with E-state index in [-0.39, 0.29) is 134 Å². The molecule has 2 aliphatic heterocycles. The van der Waals surface area contributed by atoms with Gasteiger partial charge in [0.05, 0.1) is 0 Å². The summed E-state index contributed by atoms with van der Waals surface area (Å²) in [6.07, 6.45) is 1.72. The first-order valence-electron chi connectivity index (χ1n) is 12.4. The molecule has 2 heterocycles. The summed E-state index contributed by atoms with van der Waals surface area (Å²) < 4.78 is 9.76. The van der Waals surface area contributed by atoms with Gasteiger partial charge in [0.1, 0.15) is 13.2 Å². The van der Waals surface area contributed by atoms with E-state index in [0.29, 0.717) is 32.2 Å². The number of nitrogens with zero attached hydrogens (tertiary/aromatic N) is 1. The maximum absolute atomic E-state index is 11.7. The van der Waals surface area contributed by atoms with Crippen LogP contribution in [-0.2, 0) is 32.4 Å². The molecule has 0 unspecified atom stereocenters. The summed E-state index contributed by atoms with van der Waals surface area (Å²) in [6, 6.07) is 19.0. The molecule has 1 radical (unpaired) electrons. The van der Waals surface area contributed by atoms with Gasteiger partial charge in [-0.25, -0.2) is 9.59 Å². The molecule has 0 saturated carbocycles. The van der Waals surface area contributed by atoms with Gasteiger partial charge in [-0.3, -0.25) is 4.79 Å². The third-order valence-corrected chi connectivity index (χ3v) is 5.77. The molecule has 0 aliphatic carbocycles. The van der Waals surface area contributed by atoms with Gasteiger partial charge in [-0.15, -0.1) is 0 Å².